The Morgan fingerprint density at radius 3 is 2.08 bits per heavy atom. The van der Waals surface area contributed by atoms with E-state index in [0.29, 0.717) is 0 Å². The molecule has 0 aliphatic carbocycles. The molecule has 0 saturated carbocycles. The Labute approximate surface area is 77.5 Å². The van der Waals surface area contributed by atoms with Crippen molar-refractivity contribution in [1.29, 1.82) is 5.26 Å². The lowest BCUT2D eigenvalue weighted by Crippen LogP contribution is -2.33. The first kappa shape index (κ1) is 11.6. The molecule has 0 aromatic heterocycles. The Bertz CT molecular complexity index is 257. The van der Waals surface area contributed by atoms with Gasteiger partial charge in [0.2, 0.25) is 0 Å². The molecular weight excluding hydrogens is 170 g/mol. The number of esters is 1. The number of nitriles is 1. The van der Waals surface area contributed by atoms with Crippen molar-refractivity contribution in [1.82, 2.24) is 0 Å². The maximum absolute atomic E-state index is 11.3. The summed E-state index contributed by atoms with van der Waals surface area (Å²) in [7, 11) is 1.12. The van der Waals surface area contributed by atoms with Crippen molar-refractivity contribution >= 4 is 11.8 Å². The van der Waals surface area contributed by atoms with Gasteiger partial charge in [-0.2, -0.15) is 5.26 Å². The van der Waals surface area contributed by atoms with E-state index < -0.39 is 23.1 Å². The number of Topliss-reactive ketones (excluding diaryl/α,β-unsaturated/α-hetero) is 1. The predicted molar refractivity (Wildman–Crippen MR) is 45.6 cm³/mol. The van der Waals surface area contributed by atoms with Crippen molar-refractivity contribution in [3.8, 4) is 6.07 Å². The monoisotopic (exact) mass is 183 g/mol. The van der Waals surface area contributed by atoms with E-state index in [1.165, 1.54) is 0 Å². The molecule has 1 unspecified atom stereocenters. The highest BCUT2D eigenvalue weighted by Gasteiger charge is 2.35. The van der Waals surface area contributed by atoms with Crippen LogP contribution in [0.5, 0.6) is 0 Å². The highest BCUT2D eigenvalue weighted by molar-refractivity contribution is 6.35. The number of carbonyl (C=O) groups excluding carboxylic acids is 2. The first-order valence-corrected chi connectivity index (χ1v) is 3.86. The average molecular weight is 183 g/mol. The number of ketones is 1. The molecule has 0 aromatic rings. The predicted octanol–water partition coefficient (Wildman–Crippen LogP) is 0.914. The van der Waals surface area contributed by atoms with Crippen LogP contribution < -0.4 is 0 Å². The van der Waals surface area contributed by atoms with Gasteiger partial charge in [-0.05, 0) is 5.41 Å². The minimum Gasteiger partial charge on any atom is -0.463 e. The Balaban J connectivity index is 4.74. The average Bonchev–Trinajstić information content (AvgIpc) is 2.01. The summed E-state index contributed by atoms with van der Waals surface area (Å²) in [6, 6.07) is 1.81. The Morgan fingerprint density at radius 2 is 1.85 bits per heavy atom. The van der Waals surface area contributed by atoms with E-state index in [1.54, 1.807) is 26.8 Å². The molecule has 0 amide bonds. The Kier molecular flexibility index (Phi) is 3.61. The number of carbonyl (C=O) groups is 2. The van der Waals surface area contributed by atoms with Crippen LogP contribution >= 0.6 is 0 Å². The molecule has 72 valence electrons. The summed E-state index contributed by atoms with van der Waals surface area (Å²) < 4.78 is 4.25. The summed E-state index contributed by atoms with van der Waals surface area (Å²) in [5.41, 5.74) is -0.542. The van der Waals surface area contributed by atoms with Crippen molar-refractivity contribution in [2.24, 2.45) is 11.3 Å². The molecule has 0 saturated heterocycles. The fourth-order valence-corrected chi connectivity index (χ4v) is 0.864. The van der Waals surface area contributed by atoms with Gasteiger partial charge in [-0.3, -0.25) is 4.79 Å². The molecule has 1 atom stereocenters. The van der Waals surface area contributed by atoms with Crippen molar-refractivity contribution < 1.29 is 14.3 Å². The minimum atomic E-state index is -0.957. The van der Waals surface area contributed by atoms with E-state index in [9.17, 15) is 9.59 Å². The highest BCUT2D eigenvalue weighted by Crippen LogP contribution is 2.26. The fraction of sp³-hybridized carbons (Fsp3) is 0.667. The number of nitrogens with zero attached hydrogens (tertiary/aromatic N) is 1. The minimum absolute atomic E-state index is 0.542. The van der Waals surface area contributed by atoms with Gasteiger partial charge in [0.1, 0.15) is 5.92 Å². The van der Waals surface area contributed by atoms with Crippen LogP contribution in [0.25, 0.3) is 0 Å². The van der Waals surface area contributed by atoms with Crippen LogP contribution in [0, 0.1) is 22.7 Å². The summed E-state index contributed by atoms with van der Waals surface area (Å²) in [5.74, 6) is -2.68. The molecule has 0 aliphatic heterocycles. The van der Waals surface area contributed by atoms with Crippen molar-refractivity contribution in [3.63, 3.8) is 0 Å². The second-order valence-electron chi connectivity index (χ2n) is 3.78. The van der Waals surface area contributed by atoms with Crippen LogP contribution in [-0.2, 0) is 14.3 Å². The SMILES string of the molecule is COC(=O)C(=O)C(C#N)C(C)(C)C. The van der Waals surface area contributed by atoms with E-state index in [2.05, 4.69) is 4.74 Å². The topological polar surface area (TPSA) is 67.2 Å². The van der Waals surface area contributed by atoms with Crippen LogP contribution in [-0.4, -0.2) is 18.9 Å². The van der Waals surface area contributed by atoms with Gasteiger partial charge in [0.05, 0.1) is 13.2 Å². The van der Waals surface area contributed by atoms with Gasteiger partial charge in [-0.1, -0.05) is 20.8 Å². The normalized spacial score (nSPS) is 12.8. The summed E-state index contributed by atoms with van der Waals surface area (Å²) >= 11 is 0. The lowest BCUT2D eigenvalue weighted by atomic mass is 9.79. The standard InChI is InChI=1S/C9H13NO3/c1-9(2,3)6(5-10)7(11)8(12)13-4/h6H,1-4H3. The van der Waals surface area contributed by atoms with Gasteiger partial charge in [0, 0.05) is 0 Å². The number of hydrogen-bond donors (Lipinski definition) is 0. The van der Waals surface area contributed by atoms with Crippen LogP contribution in [0.1, 0.15) is 20.8 Å². The highest BCUT2D eigenvalue weighted by atomic mass is 16.5. The first-order chi connectivity index (χ1) is 5.84. The Morgan fingerprint density at radius 1 is 1.38 bits per heavy atom. The lowest BCUT2D eigenvalue weighted by Gasteiger charge is -2.21. The third-order valence-corrected chi connectivity index (χ3v) is 1.64. The number of hydrogen-bond acceptors (Lipinski definition) is 4. The molecular formula is C9H13NO3. The van der Waals surface area contributed by atoms with Crippen LogP contribution in [0.4, 0.5) is 0 Å². The van der Waals surface area contributed by atoms with Gasteiger partial charge >= 0.3 is 5.97 Å². The first-order valence-electron chi connectivity index (χ1n) is 3.86. The third kappa shape index (κ3) is 2.86. The number of ether oxygens (including phenoxy) is 1. The second kappa shape index (κ2) is 4.04. The molecule has 0 aromatic carbocycles. The molecule has 0 rings (SSSR count). The second-order valence-corrected chi connectivity index (χ2v) is 3.78. The molecule has 0 aliphatic rings. The summed E-state index contributed by atoms with van der Waals surface area (Å²) in [6.45, 7) is 5.17. The molecule has 4 heteroatoms. The third-order valence-electron chi connectivity index (χ3n) is 1.64. The molecule has 0 bridgehead atoms. The zero-order valence-corrected chi connectivity index (χ0v) is 8.25. The van der Waals surface area contributed by atoms with Gasteiger partial charge in [-0.25, -0.2) is 4.79 Å². The summed E-state index contributed by atoms with van der Waals surface area (Å²) in [4.78, 5) is 22.1. The molecule has 0 N–H and O–H groups in total. The van der Waals surface area contributed by atoms with Crippen LogP contribution in [0.3, 0.4) is 0 Å². The van der Waals surface area contributed by atoms with E-state index in [4.69, 9.17) is 5.26 Å². The number of rotatable bonds is 2. The molecule has 4 nitrogen and oxygen atoms in total. The summed E-state index contributed by atoms with van der Waals surface area (Å²) in [5, 5.41) is 8.70. The zero-order chi connectivity index (χ0) is 10.6. The maximum Gasteiger partial charge on any atom is 0.375 e. The maximum atomic E-state index is 11.3. The van der Waals surface area contributed by atoms with E-state index in [0.717, 1.165) is 7.11 Å². The van der Waals surface area contributed by atoms with Gasteiger partial charge in [0.15, 0.2) is 0 Å². The molecule has 0 heterocycles. The van der Waals surface area contributed by atoms with E-state index in [1.807, 2.05) is 0 Å². The lowest BCUT2D eigenvalue weighted by molar-refractivity contribution is -0.154. The molecule has 0 fully saturated rings. The quantitative estimate of drug-likeness (QED) is 0.471. The van der Waals surface area contributed by atoms with Crippen molar-refractivity contribution in [2.75, 3.05) is 7.11 Å². The van der Waals surface area contributed by atoms with Gasteiger partial charge in [0.25, 0.3) is 5.78 Å². The molecule has 0 radical (unpaired) electrons. The Hall–Kier alpha value is -1.37. The van der Waals surface area contributed by atoms with E-state index in [-0.39, 0.29) is 0 Å². The summed E-state index contributed by atoms with van der Waals surface area (Å²) in [6.07, 6.45) is 0. The van der Waals surface area contributed by atoms with Crippen molar-refractivity contribution in [3.05, 3.63) is 0 Å². The smallest absolute Gasteiger partial charge is 0.375 e. The van der Waals surface area contributed by atoms with E-state index >= 15 is 0 Å². The van der Waals surface area contributed by atoms with Crippen molar-refractivity contribution in [2.45, 2.75) is 20.8 Å². The van der Waals surface area contributed by atoms with Crippen LogP contribution in [0.2, 0.25) is 0 Å². The largest absolute Gasteiger partial charge is 0.463 e. The molecule has 13 heavy (non-hydrogen) atoms. The van der Waals surface area contributed by atoms with Gasteiger partial charge < -0.3 is 4.74 Å². The zero-order valence-electron chi connectivity index (χ0n) is 8.25. The number of methoxy groups -OCH3 is 1. The fourth-order valence-electron chi connectivity index (χ4n) is 0.864. The molecule has 0 spiro atoms. The van der Waals surface area contributed by atoms with Gasteiger partial charge in [-0.15, -0.1) is 0 Å². The van der Waals surface area contributed by atoms with Crippen LogP contribution in [0.15, 0.2) is 0 Å².